The summed E-state index contributed by atoms with van der Waals surface area (Å²) in [4.78, 5) is 14.9. The fraction of sp³-hybridized carbons (Fsp3) is 0.167. The molecule has 0 aliphatic heterocycles. The minimum Gasteiger partial charge on any atom is -0.477 e. The molecular formula is C12H9F3N2O2S. The standard InChI is InChI=1S/C12H9F3N2O2S/c1-17(7-5-3-2-4-6-7)11-16-9(12(13,14)15)8(20-11)10(18)19/h2-6H,1H3,(H,18,19). The predicted octanol–water partition coefficient (Wildman–Crippen LogP) is 3.63. The zero-order chi connectivity index (χ0) is 14.9. The first kappa shape index (κ1) is 14.3. The number of carbonyl (C=O) groups is 1. The number of rotatable bonds is 3. The third-order valence-corrected chi connectivity index (χ3v) is 3.63. The molecule has 8 heteroatoms. The van der Waals surface area contributed by atoms with Gasteiger partial charge in [0.1, 0.15) is 4.88 Å². The Labute approximate surface area is 116 Å². The molecule has 0 unspecified atom stereocenters. The number of halogens is 3. The van der Waals surface area contributed by atoms with Crippen molar-refractivity contribution in [2.24, 2.45) is 0 Å². The Morgan fingerprint density at radius 1 is 1.30 bits per heavy atom. The summed E-state index contributed by atoms with van der Waals surface area (Å²) in [5.41, 5.74) is -0.750. The molecule has 106 valence electrons. The van der Waals surface area contributed by atoms with Crippen LogP contribution in [0.15, 0.2) is 30.3 Å². The zero-order valence-corrected chi connectivity index (χ0v) is 11.0. The number of thiazole rings is 1. The lowest BCUT2D eigenvalue weighted by Crippen LogP contribution is -2.12. The third-order valence-electron chi connectivity index (χ3n) is 2.51. The molecule has 1 aromatic carbocycles. The normalized spacial score (nSPS) is 11.4. The maximum Gasteiger partial charge on any atom is 0.435 e. The zero-order valence-electron chi connectivity index (χ0n) is 10.2. The van der Waals surface area contributed by atoms with Crippen LogP contribution in [0.3, 0.4) is 0 Å². The number of para-hydroxylation sites is 1. The molecule has 0 aliphatic rings. The van der Waals surface area contributed by atoms with Gasteiger partial charge in [0, 0.05) is 12.7 Å². The minimum atomic E-state index is -4.79. The molecule has 1 N–H and O–H groups in total. The van der Waals surface area contributed by atoms with Crippen molar-refractivity contribution in [3.63, 3.8) is 0 Å². The van der Waals surface area contributed by atoms with Crippen LogP contribution in [-0.2, 0) is 6.18 Å². The van der Waals surface area contributed by atoms with E-state index in [4.69, 9.17) is 5.11 Å². The molecule has 0 fully saturated rings. The van der Waals surface area contributed by atoms with E-state index >= 15 is 0 Å². The summed E-state index contributed by atoms with van der Waals surface area (Å²) in [7, 11) is 1.53. The maximum absolute atomic E-state index is 12.8. The molecule has 0 bridgehead atoms. The Morgan fingerprint density at radius 2 is 1.90 bits per heavy atom. The number of benzene rings is 1. The van der Waals surface area contributed by atoms with E-state index in [1.807, 2.05) is 0 Å². The van der Waals surface area contributed by atoms with Gasteiger partial charge in [0.05, 0.1) is 0 Å². The number of aromatic nitrogens is 1. The number of carboxylic acid groups (broad SMARTS) is 1. The van der Waals surface area contributed by atoms with Crippen molar-refractivity contribution in [3.05, 3.63) is 40.9 Å². The molecule has 2 aromatic rings. The van der Waals surface area contributed by atoms with Crippen LogP contribution >= 0.6 is 11.3 Å². The molecule has 0 spiro atoms. The van der Waals surface area contributed by atoms with Crippen LogP contribution in [0.5, 0.6) is 0 Å². The highest BCUT2D eigenvalue weighted by Crippen LogP contribution is 2.38. The largest absolute Gasteiger partial charge is 0.477 e. The Bertz CT molecular complexity index is 625. The lowest BCUT2D eigenvalue weighted by atomic mass is 10.3. The van der Waals surface area contributed by atoms with Gasteiger partial charge in [0.2, 0.25) is 0 Å². The SMILES string of the molecule is CN(c1ccccc1)c1nc(C(F)(F)F)c(C(=O)O)s1. The molecule has 1 heterocycles. The number of aromatic carboxylic acids is 1. The van der Waals surface area contributed by atoms with E-state index in [1.165, 1.54) is 11.9 Å². The van der Waals surface area contributed by atoms with Crippen LogP contribution in [0.1, 0.15) is 15.4 Å². The molecule has 20 heavy (non-hydrogen) atoms. The number of anilines is 2. The van der Waals surface area contributed by atoms with Gasteiger partial charge in [-0.05, 0) is 12.1 Å². The average molecular weight is 302 g/mol. The van der Waals surface area contributed by atoms with E-state index < -0.39 is 22.7 Å². The van der Waals surface area contributed by atoms with Crippen molar-refractivity contribution >= 4 is 28.1 Å². The minimum absolute atomic E-state index is 0.0269. The molecule has 0 amide bonds. The summed E-state index contributed by atoms with van der Waals surface area (Å²) in [6.45, 7) is 0. The lowest BCUT2D eigenvalue weighted by Gasteiger charge is -2.15. The van der Waals surface area contributed by atoms with Crippen LogP contribution in [0, 0.1) is 0 Å². The van der Waals surface area contributed by atoms with Gasteiger partial charge in [-0.3, -0.25) is 0 Å². The van der Waals surface area contributed by atoms with Crippen molar-refractivity contribution in [1.82, 2.24) is 4.98 Å². The van der Waals surface area contributed by atoms with Gasteiger partial charge in [0.15, 0.2) is 10.8 Å². The van der Waals surface area contributed by atoms with Crippen molar-refractivity contribution in [2.75, 3.05) is 11.9 Å². The van der Waals surface area contributed by atoms with Crippen LogP contribution < -0.4 is 4.90 Å². The van der Waals surface area contributed by atoms with Gasteiger partial charge < -0.3 is 10.0 Å². The highest BCUT2D eigenvalue weighted by Gasteiger charge is 2.40. The first-order valence-electron chi connectivity index (χ1n) is 5.41. The first-order chi connectivity index (χ1) is 9.30. The number of nitrogens with zero attached hydrogens (tertiary/aromatic N) is 2. The summed E-state index contributed by atoms with van der Waals surface area (Å²) in [5.74, 6) is -1.64. The third kappa shape index (κ3) is 2.74. The highest BCUT2D eigenvalue weighted by atomic mass is 32.1. The Balaban J connectivity index is 2.47. The van der Waals surface area contributed by atoms with Crippen LogP contribution in [0.4, 0.5) is 24.0 Å². The quantitative estimate of drug-likeness (QED) is 0.940. The highest BCUT2D eigenvalue weighted by molar-refractivity contribution is 7.17. The second-order valence-electron chi connectivity index (χ2n) is 3.87. The summed E-state index contributed by atoms with van der Waals surface area (Å²) < 4.78 is 38.3. The smallest absolute Gasteiger partial charge is 0.435 e. The molecule has 2 rings (SSSR count). The summed E-state index contributed by atoms with van der Waals surface area (Å²) in [6, 6.07) is 8.59. The maximum atomic E-state index is 12.8. The molecular weight excluding hydrogens is 293 g/mol. The number of hydrogen-bond acceptors (Lipinski definition) is 4. The van der Waals surface area contributed by atoms with E-state index in [1.54, 1.807) is 30.3 Å². The van der Waals surface area contributed by atoms with Gasteiger partial charge in [-0.25, -0.2) is 9.78 Å². The summed E-state index contributed by atoms with van der Waals surface area (Å²) >= 11 is 0.493. The number of hydrogen-bond donors (Lipinski definition) is 1. The average Bonchev–Trinajstić information content (AvgIpc) is 2.84. The molecule has 4 nitrogen and oxygen atoms in total. The van der Waals surface area contributed by atoms with E-state index in [-0.39, 0.29) is 5.13 Å². The molecule has 0 radical (unpaired) electrons. The van der Waals surface area contributed by atoms with E-state index in [9.17, 15) is 18.0 Å². The van der Waals surface area contributed by atoms with Crippen molar-refractivity contribution < 1.29 is 23.1 Å². The van der Waals surface area contributed by atoms with Gasteiger partial charge in [-0.15, -0.1) is 0 Å². The molecule has 0 saturated heterocycles. The number of carboxylic acids is 1. The van der Waals surface area contributed by atoms with Gasteiger partial charge in [0.25, 0.3) is 0 Å². The summed E-state index contributed by atoms with van der Waals surface area (Å²) in [6.07, 6.45) is -4.79. The predicted molar refractivity (Wildman–Crippen MR) is 68.6 cm³/mol. The molecule has 0 aliphatic carbocycles. The fourth-order valence-electron chi connectivity index (χ4n) is 1.55. The first-order valence-corrected chi connectivity index (χ1v) is 6.22. The molecule has 0 saturated carbocycles. The molecule has 1 aromatic heterocycles. The van der Waals surface area contributed by atoms with E-state index in [2.05, 4.69) is 4.98 Å². The van der Waals surface area contributed by atoms with Crippen molar-refractivity contribution in [2.45, 2.75) is 6.18 Å². The Hall–Kier alpha value is -2.09. The van der Waals surface area contributed by atoms with Gasteiger partial charge >= 0.3 is 12.1 Å². The Kier molecular flexibility index (Phi) is 3.67. The van der Waals surface area contributed by atoms with Crippen LogP contribution in [-0.4, -0.2) is 23.1 Å². The van der Waals surface area contributed by atoms with Gasteiger partial charge in [-0.2, -0.15) is 13.2 Å². The van der Waals surface area contributed by atoms with Crippen LogP contribution in [0.25, 0.3) is 0 Å². The topological polar surface area (TPSA) is 53.4 Å². The van der Waals surface area contributed by atoms with Crippen molar-refractivity contribution in [1.29, 1.82) is 0 Å². The van der Waals surface area contributed by atoms with Crippen LogP contribution in [0.2, 0.25) is 0 Å². The summed E-state index contributed by atoms with van der Waals surface area (Å²) in [5, 5.41) is 8.82. The van der Waals surface area contributed by atoms with Gasteiger partial charge in [-0.1, -0.05) is 29.5 Å². The monoisotopic (exact) mass is 302 g/mol. The van der Waals surface area contributed by atoms with Crippen molar-refractivity contribution in [3.8, 4) is 0 Å². The van der Waals surface area contributed by atoms with E-state index in [0.29, 0.717) is 17.0 Å². The molecule has 0 atom stereocenters. The lowest BCUT2D eigenvalue weighted by molar-refractivity contribution is -0.141. The second-order valence-corrected chi connectivity index (χ2v) is 4.85. The van der Waals surface area contributed by atoms with E-state index in [0.717, 1.165) is 0 Å². The second kappa shape index (κ2) is 5.12. The number of alkyl halides is 3. The Morgan fingerprint density at radius 3 is 2.35 bits per heavy atom. The fourth-order valence-corrected chi connectivity index (χ4v) is 2.46.